The van der Waals surface area contributed by atoms with Crippen LogP contribution in [0.4, 0.5) is 4.79 Å². The first kappa shape index (κ1) is 16.5. The minimum atomic E-state index is -0.494. The fourth-order valence-corrected chi connectivity index (χ4v) is 2.88. The quantitative estimate of drug-likeness (QED) is 0.782. The van der Waals surface area contributed by atoms with Crippen LogP contribution >= 0.6 is 11.3 Å². The summed E-state index contributed by atoms with van der Waals surface area (Å²) in [5.74, 6) is -0.379. The summed E-state index contributed by atoms with van der Waals surface area (Å²) in [7, 11) is 1.35. The zero-order valence-corrected chi connectivity index (χ0v) is 14.0. The van der Waals surface area contributed by atoms with Gasteiger partial charge in [-0.15, -0.1) is 11.3 Å². The number of carbonyl (C=O) groups is 2. The Hall–Kier alpha value is -1.89. The van der Waals surface area contributed by atoms with E-state index in [0.717, 1.165) is 10.6 Å². The van der Waals surface area contributed by atoms with Crippen LogP contribution in [0.3, 0.4) is 0 Å². The average molecular weight is 324 g/mol. The van der Waals surface area contributed by atoms with Crippen LogP contribution in [0.15, 0.2) is 12.3 Å². The summed E-state index contributed by atoms with van der Waals surface area (Å²) >= 11 is 1.30. The summed E-state index contributed by atoms with van der Waals surface area (Å²) in [6.45, 7) is 6.60. The average Bonchev–Trinajstić information content (AvgIpc) is 2.94. The van der Waals surface area contributed by atoms with Crippen molar-refractivity contribution in [3.8, 4) is 0 Å². The molecule has 0 saturated heterocycles. The third-order valence-corrected chi connectivity index (χ3v) is 4.08. The number of aromatic nitrogens is 1. The topological polar surface area (TPSA) is 68.7 Å². The summed E-state index contributed by atoms with van der Waals surface area (Å²) < 4.78 is 10.0. The molecule has 22 heavy (non-hydrogen) atoms. The Kier molecular flexibility index (Phi) is 4.85. The highest BCUT2D eigenvalue weighted by molar-refractivity contribution is 7.14. The van der Waals surface area contributed by atoms with Crippen molar-refractivity contribution >= 4 is 29.0 Å². The molecule has 1 aromatic rings. The minimum absolute atomic E-state index is 0.308. The molecule has 1 aromatic heterocycles. The molecule has 2 heterocycles. The molecule has 0 spiro atoms. The lowest BCUT2D eigenvalue weighted by molar-refractivity contribution is 0.0270. The number of thiazole rings is 1. The van der Waals surface area contributed by atoms with Crippen molar-refractivity contribution in [2.75, 3.05) is 20.2 Å². The normalized spacial score (nSPS) is 15.3. The van der Waals surface area contributed by atoms with Gasteiger partial charge in [0.15, 0.2) is 0 Å². The van der Waals surface area contributed by atoms with Gasteiger partial charge >= 0.3 is 12.1 Å². The van der Waals surface area contributed by atoms with Crippen LogP contribution in [0.1, 0.15) is 41.9 Å². The molecule has 0 atom stereocenters. The standard InChI is InChI=1S/C15H20N2O4S/c1-15(2,3)21-14(19)17-7-5-10(6-8-17)12-16-9-11(22-12)13(18)20-4/h5,9H,6-8H2,1-4H3. The first-order chi connectivity index (χ1) is 10.3. The highest BCUT2D eigenvalue weighted by Gasteiger charge is 2.24. The van der Waals surface area contributed by atoms with Gasteiger partial charge in [-0.1, -0.05) is 6.08 Å². The molecule has 0 aromatic carbocycles. The molecular weight excluding hydrogens is 304 g/mol. The van der Waals surface area contributed by atoms with Crippen LogP contribution in [0.5, 0.6) is 0 Å². The summed E-state index contributed by atoms with van der Waals surface area (Å²) in [5, 5.41) is 0.796. The molecular formula is C15H20N2O4S. The second kappa shape index (κ2) is 6.48. The Balaban J connectivity index is 2.01. The summed E-state index contributed by atoms with van der Waals surface area (Å²) in [5.41, 5.74) is 0.547. The lowest BCUT2D eigenvalue weighted by Crippen LogP contribution is -2.39. The molecule has 0 radical (unpaired) electrons. The predicted molar refractivity (Wildman–Crippen MR) is 83.9 cm³/mol. The zero-order chi connectivity index (χ0) is 16.3. The largest absolute Gasteiger partial charge is 0.465 e. The van der Waals surface area contributed by atoms with Crippen molar-refractivity contribution in [3.63, 3.8) is 0 Å². The van der Waals surface area contributed by atoms with Crippen LogP contribution < -0.4 is 0 Å². The fourth-order valence-electron chi connectivity index (χ4n) is 1.97. The van der Waals surface area contributed by atoms with Crippen LogP contribution in [0.2, 0.25) is 0 Å². The van der Waals surface area contributed by atoms with Gasteiger partial charge in [0, 0.05) is 13.1 Å². The molecule has 0 N–H and O–H groups in total. The number of methoxy groups -OCH3 is 1. The van der Waals surface area contributed by atoms with Gasteiger partial charge in [0.25, 0.3) is 0 Å². The molecule has 0 unspecified atom stereocenters. The second-order valence-electron chi connectivity index (χ2n) is 5.93. The second-order valence-corrected chi connectivity index (χ2v) is 6.96. The van der Waals surface area contributed by atoms with Crippen LogP contribution in [-0.4, -0.2) is 47.7 Å². The van der Waals surface area contributed by atoms with Gasteiger partial charge in [-0.25, -0.2) is 14.6 Å². The molecule has 1 aliphatic heterocycles. The first-order valence-electron chi connectivity index (χ1n) is 7.01. The van der Waals surface area contributed by atoms with Gasteiger partial charge in [0.2, 0.25) is 0 Å². The van der Waals surface area contributed by atoms with Gasteiger partial charge in [0.05, 0.1) is 13.3 Å². The number of hydrogen-bond acceptors (Lipinski definition) is 6. The molecule has 120 valence electrons. The molecule has 0 saturated carbocycles. The fraction of sp³-hybridized carbons (Fsp3) is 0.533. The summed E-state index contributed by atoms with van der Waals surface area (Å²) in [4.78, 5) is 29.8. The SMILES string of the molecule is COC(=O)c1cnc(C2=CCN(C(=O)OC(C)(C)C)CC2)s1. The zero-order valence-electron chi connectivity index (χ0n) is 13.2. The van der Waals surface area contributed by atoms with Crippen molar-refractivity contribution in [2.24, 2.45) is 0 Å². The third kappa shape index (κ3) is 4.07. The van der Waals surface area contributed by atoms with E-state index in [-0.39, 0.29) is 12.1 Å². The number of carbonyl (C=O) groups excluding carboxylic acids is 2. The lowest BCUT2D eigenvalue weighted by Gasteiger charge is -2.29. The Labute approximate surface area is 133 Å². The third-order valence-electron chi connectivity index (χ3n) is 3.03. The molecule has 0 bridgehead atoms. The van der Waals surface area contributed by atoms with Gasteiger partial charge in [-0.05, 0) is 32.8 Å². The van der Waals surface area contributed by atoms with Crippen molar-refractivity contribution in [3.05, 3.63) is 22.2 Å². The van der Waals surface area contributed by atoms with E-state index in [9.17, 15) is 9.59 Å². The molecule has 1 amide bonds. The van der Waals surface area contributed by atoms with E-state index in [1.165, 1.54) is 24.6 Å². The van der Waals surface area contributed by atoms with E-state index in [1.807, 2.05) is 26.8 Å². The number of ether oxygens (including phenoxy) is 2. The number of nitrogens with zero attached hydrogens (tertiary/aromatic N) is 2. The van der Waals surface area contributed by atoms with Crippen molar-refractivity contribution < 1.29 is 19.1 Å². The van der Waals surface area contributed by atoms with Crippen molar-refractivity contribution in [1.29, 1.82) is 0 Å². The Morgan fingerprint density at radius 2 is 2.09 bits per heavy atom. The maximum absolute atomic E-state index is 12.0. The maximum Gasteiger partial charge on any atom is 0.410 e. The Morgan fingerprint density at radius 1 is 1.36 bits per heavy atom. The van der Waals surface area contributed by atoms with Crippen molar-refractivity contribution in [2.45, 2.75) is 32.8 Å². The number of rotatable bonds is 2. The number of amides is 1. The highest BCUT2D eigenvalue weighted by atomic mass is 32.1. The highest BCUT2D eigenvalue weighted by Crippen LogP contribution is 2.27. The van der Waals surface area contributed by atoms with Crippen molar-refractivity contribution in [1.82, 2.24) is 9.88 Å². The van der Waals surface area contributed by atoms with Crippen LogP contribution in [-0.2, 0) is 9.47 Å². The molecule has 6 nitrogen and oxygen atoms in total. The van der Waals surface area contributed by atoms with E-state index in [2.05, 4.69) is 9.72 Å². The smallest absolute Gasteiger partial charge is 0.410 e. The van der Waals surface area contributed by atoms with Gasteiger partial charge in [0.1, 0.15) is 15.5 Å². The number of hydrogen-bond donors (Lipinski definition) is 0. The van der Waals surface area contributed by atoms with E-state index < -0.39 is 5.60 Å². The van der Waals surface area contributed by atoms with Crippen LogP contribution in [0, 0.1) is 0 Å². The Morgan fingerprint density at radius 3 is 2.64 bits per heavy atom. The van der Waals surface area contributed by atoms with E-state index in [4.69, 9.17) is 4.74 Å². The van der Waals surface area contributed by atoms with Gasteiger partial charge in [-0.3, -0.25) is 0 Å². The summed E-state index contributed by atoms with van der Waals surface area (Å²) in [6.07, 6.45) is 3.85. The first-order valence-corrected chi connectivity index (χ1v) is 7.83. The van der Waals surface area contributed by atoms with Gasteiger partial charge in [-0.2, -0.15) is 0 Å². The molecule has 7 heteroatoms. The molecule has 1 aliphatic rings. The molecule has 0 fully saturated rings. The van der Waals surface area contributed by atoms with Crippen LogP contribution in [0.25, 0.3) is 5.57 Å². The minimum Gasteiger partial charge on any atom is -0.465 e. The maximum atomic E-state index is 12.0. The van der Waals surface area contributed by atoms with E-state index in [1.54, 1.807) is 4.90 Å². The molecule has 2 rings (SSSR count). The van der Waals surface area contributed by atoms with Gasteiger partial charge < -0.3 is 14.4 Å². The van der Waals surface area contributed by atoms with E-state index in [0.29, 0.717) is 24.4 Å². The lowest BCUT2D eigenvalue weighted by atomic mass is 10.1. The Bertz CT molecular complexity index is 601. The molecule has 0 aliphatic carbocycles. The number of esters is 1. The monoisotopic (exact) mass is 324 g/mol. The summed E-state index contributed by atoms with van der Waals surface area (Å²) in [6, 6.07) is 0. The van der Waals surface area contributed by atoms with E-state index >= 15 is 0 Å². The predicted octanol–water partition coefficient (Wildman–Crippen LogP) is 2.95.